The number of halogens is 1. The number of hydrogen-bond acceptors (Lipinski definition) is 5. The Morgan fingerprint density at radius 1 is 1.37 bits per heavy atom. The fraction of sp³-hybridized carbons (Fsp3) is 0.615. The van der Waals surface area contributed by atoms with Gasteiger partial charge in [0.15, 0.2) is 6.29 Å². The highest BCUT2D eigenvalue weighted by atomic mass is 35.5. The number of aldehydes is 1. The van der Waals surface area contributed by atoms with Gasteiger partial charge in [-0.2, -0.15) is 0 Å². The van der Waals surface area contributed by atoms with E-state index in [9.17, 15) is 4.79 Å². The minimum absolute atomic E-state index is 0.172. The molecular formula is C13H20ClN3O2. The molecule has 6 heteroatoms. The first-order valence-corrected chi connectivity index (χ1v) is 6.73. The highest BCUT2D eigenvalue weighted by Gasteiger charge is 2.10. The molecule has 0 unspecified atom stereocenters. The number of hydrogen-bond donors (Lipinski definition) is 1. The molecule has 19 heavy (non-hydrogen) atoms. The van der Waals surface area contributed by atoms with Gasteiger partial charge >= 0.3 is 0 Å². The average molecular weight is 286 g/mol. The van der Waals surface area contributed by atoms with Crippen molar-refractivity contribution in [1.29, 1.82) is 0 Å². The lowest BCUT2D eigenvalue weighted by Gasteiger charge is -2.10. The lowest BCUT2D eigenvalue weighted by Crippen LogP contribution is -2.14. The number of rotatable bonds is 8. The van der Waals surface area contributed by atoms with Gasteiger partial charge in [-0.05, 0) is 19.3 Å². The zero-order valence-electron chi connectivity index (χ0n) is 11.6. The summed E-state index contributed by atoms with van der Waals surface area (Å²) in [4.78, 5) is 19.0. The third kappa shape index (κ3) is 5.53. The van der Waals surface area contributed by atoms with Crippen LogP contribution in [0.4, 0.5) is 5.82 Å². The summed E-state index contributed by atoms with van der Waals surface area (Å²) in [6.45, 7) is 7.92. The standard InChI is InChI=1S/C13H20ClN3O2/c1-9(2)4-6-19-7-5-15-13-11(8-18)12(14)16-10(3)17-13/h8-9H,4-7H2,1-3H3,(H,15,16,17). The first-order chi connectivity index (χ1) is 9.04. The van der Waals surface area contributed by atoms with E-state index in [1.54, 1.807) is 6.92 Å². The van der Waals surface area contributed by atoms with E-state index in [1.165, 1.54) is 0 Å². The summed E-state index contributed by atoms with van der Waals surface area (Å²) < 4.78 is 5.47. The summed E-state index contributed by atoms with van der Waals surface area (Å²) in [6, 6.07) is 0. The number of aromatic nitrogens is 2. The number of nitrogens with zero attached hydrogens (tertiary/aromatic N) is 2. The van der Waals surface area contributed by atoms with E-state index in [1.807, 2.05) is 0 Å². The summed E-state index contributed by atoms with van der Waals surface area (Å²) in [7, 11) is 0. The van der Waals surface area contributed by atoms with Crippen LogP contribution in [0.2, 0.25) is 5.15 Å². The van der Waals surface area contributed by atoms with E-state index in [0.29, 0.717) is 37.0 Å². The molecule has 0 aliphatic heterocycles. The molecule has 0 fully saturated rings. The maximum absolute atomic E-state index is 10.9. The van der Waals surface area contributed by atoms with E-state index in [0.717, 1.165) is 13.0 Å². The maximum atomic E-state index is 10.9. The molecule has 0 saturated heterocycles. The number of ether oxygens (including phenoxy) is 1. The second-order valence-corrected chi connectivity index (χ2v) is 5.02. The summed E-state index contributed by atoms with van der Waals surface area (Å²) in [6.07, 6.45) is 1.70. The molecule has 0 amide bonds. The Hall–Kier alpha value is -1.20. The van der Waals surface area contributed by atoms with Crippen LogP contribution in [0.15, 0.2) is 0 Å². The van der Waals surface area contributed by atoms with Gasteiger partial charge in [-0.1, -0.05) is 25.4 Å². The van der Waals surface area contributed by atoms with Crippen molar-refractivity contribution >= 4 is 23.7 Å². The molecule has 5 nitrogen and oxygen atoms in total. The molecule has 106 valence electrons. The van der Waals surface area contributed by atoms with Crippen LogP contribution >= 0.6 is 11.6 Å². The van der Waals surface area contributed by atoms with Gasteiger partial charge in [-0.3, -0.25) is 4.79 Å². The Morgan fingerprint density at radius 3 is 2.74 bits per heavy atom. The monoisotopic (exact) mass is 285 g/mol. The van der Waals surface area contributed by atoms with E-state index >= 15 is 0 Å². The minimum Gasteiger partial charge on any atom is -0.380 e. The topological polar surface area (TPSA) is 64.1 Å². The SMILES string of the molecule is Cc1nc(Cl)c(C=O)c(NCCOCCC(C)C)n1. The van der Waals surface area contributed by atoms with Crippen molar-refractivity contribution in [3.05, 3.63) is 16.5 Å². The first-order valence-electron chi connectivity index (χ1n) is 6.35. The number of carbonyl (C=O) groups excluding carboxylic acids is 1. The zero-order valence-corrected chi connectivity index (χ0v) is 12.3. The van der Waals surface area contributed by atoms with Crippen LogP contribution in [-0.2, 0) is 4.74 Å². The van der Waals surface area contributed by atoms with Gasteiger partial charge < -0.3 is 10.1 Å². The molecule has 0 spiro atoms. The minimum atomic E-state index is 0.172. The first kappa shape index (κ1) is 15.9. The van der Waals surface area contributed by atoms with Crippen molar-refractivity contribution in [1.82, 2.24) is 9.97 Å². The van der Waals surface area contributed by atoms with Crippen LogP contribution in [0.5, 0.6) is 0 Å². The van der Waals surface area contributed by atoms with Crippen LogP contribution in [0.3, 0.4) is 0 Å². The Morgan fingerprint density at radius 2 is 2.11 bits per heavy atom. The highest BCUT2D eigenvalue weighted by molar-refractivity contribution is 6.32. The van der Waals surface area contributed by atoms with Gasteiger partial charge in [0.1, 0.15) is 16.8 Å². The summed E-state index contributed by atoms with van der Waals surface area (Å²) in [5.41, 5.74) is 0.287. The molecule has 1 N–H and O–H groups in total. The van der Waals surface area contributed by atoms with Gasteiger partial charge in [0, 0.05) is 13.2 Å². The fourth-order valence-electron chi connectivity index (χ4n) is 1.45. The van der Waals surface area contributed by atoms with Gasteiger partial charge in [-0.15, -0.1) is 0 Å². The number of carbonyl (C=O) groups is 1. The Bertz CT molecular complexity index is 425. The third-order valence-corrected chi connectivity index (χ3v) is 2.80. The predicted molar refractivity (Wildman–Crippen MR) is 75.9 cm³/mol. The van der Waals surface area contributed by atoms with Gasteiger partial charge in [0.2, 0.25) is 0 Å². The van der Waals surface area contributed by atoms with Crippen molar-refractivity contribution in [2.45, 2.75) is 27.2 Å². The second-order valence-electron chi connectivity index (χ2n) is 4.66. The molecule has 0 bridgehead atoms. The normalized spacial score (nSPS) is 10.8. The van der Waals surface area contributed by atoms with E-state index in [4.69, 9.17) is 16.3 Å². The summed E-state index contributed by atoms with van der Waals surface area (Å²) in [5.74, 6) is 1.62. The molecule has 0 atom stereocenters. The molecule has 1 rings (SSSR count). The lowest BCUT2D eigenvalue weighted by molar-refractivity contribution is 0.112. The third-order valence-electron chi connectivity index (χ3n) is 2.51. The van der Waals surface area contributed by atoms with Crippen molar-refractivity contribution < 1.29 is 9.53 Å². The maximum Gasteiger partial charge on any atom is 0.156 e. The van der Waals surface area contributed by atoms with E-state index in [2.05, 4.69) is 29.1 Å². The van der Waals surface area contributed by atoms with Crippen molar-refractivity contribution in [3.8, 4) is 0 Å². The van der Waals surface area contributed by atoms with Crippen molar-refractivity contribution in [3.63, 3.8) is 0 Å². The number of aryl methyl sites for hydroxylation is 1. The van der Waals surface area contributed by atoms with E-state index < -0.39 is 0 Å². The summed E-state index contributed by atoms with van der Waals surface area (Å²) >= 11 is 5.88. The van der Waals surface area contributed by atoms with Crippen LogP contribution in [-0.4, -0.2) is 36.0 Å². The average Bonchev–Trinajstić information content (AvgIpc) is 2.32. The molecule has 0 aliphatic rings. The fourth-order valence-corrected chi connectivity index (χ4v) is 1.71. The lowest BCUT2D eigenvalue weighted by atomic mass is 10.1. The molecule has 1 aromatic heterocycles. The Kier molecular flexibility index (Phi) is 6.73. The number of nitrogens with one attached hydrogen (secondary N) is 1. The molecule has 0 radical (unpaired) electrons. The predicted octanol–water partition coefficient (Wildman–Crippen LogP) is 2.73. The molecule has 0 aromatic carbocycles. The Labute approximate surface area is 118 Å². The van der Waals surface area contributed by atoms with Gasteiger partial charge in [0.05, 0.1) is 12.2 Å². The highest BCUT2D eigenvalue weighted by Crippen LogP contribution is 2.18. The van der Waals surface area contributed by atoms with Crippen LogP contribution in [0.25, 0.3) is 0 Å². The van der Waals surface area contributed by atoms with E-state index in [-0.39, 0.29) is 10.7 Å². The molecule has 0 aliphatic carbocycles. The molecule has 1 aromatic rings. The second kappa shape index (κ2) is 8.07. The van der Waals surface area contributed by atoms with Gasteiger partial charge in [0.25, 0.3) is 0 Å². The Balaban J connectivity index is 2.43. The van der Waals surface area contributed by atoms with Crippen molar-refractivity contribution in [2.24, 2.45) is 5.92 Å². The molecular weight excluding hydrogens is 266 g/mol. The van der Waals surface area contributed by atoms with Crippen LogP contribution < -0.4 is 5.32 Å². The van der Waals surface area contributed by atoms with Crippen molar-refractivity contribution in [2.75, 3.05) is 25.1 Å². The molecule has 1 heterocycles. The zero-order chi connectivity index (χ0) is 14.3. The molecule has 0 saturated carbocycles. The van der Waals surface area contributed by atoms with Crippen LogP contribution in [0.1, 0.15) is 36.5 Å². The summed E-state index contributed by atoms with van der Waals surface area (Å²) in [5, 5.41) is 3.21. The quantitative estimate of drug-likeness (QED) is 0.452. The number of anilines is 1. The van der Waals surface area contributed by atoms with Crippen LogP contribution in [0, 0.1) is 12.8 Å². The largest absolute Gasteiger partial charge is 0.380 e. The smallest absolute Gasteiger partial charge is 0.156 e. The van der Waals surface area contributed by atoms with Gasteiger partial charge in [-0.25, -0.2) is 9.97 Å².